The quantitative estimate of drug-likeness (QED) is 0.831. The zero-order valence-electron chi connectivity index (χ0n) is 11.2. The van der Waals surface area contributed by atoms with Crippen LogP contribution in [0, 0.1) is 0 Å². The fourth-order valence-electron chi connectivity index (χ4n) is 2.27. The Labute approximate surface area is 116 Å². The molecule has 2 aromatic rings. The molecule has 2 heterocycles. The van der Waals surface area contributed by atoms with Gasteiger partial charge in [0.1, 0.15) is 5.60 Å². The van der Waals surface area contributed by atoms with Crippen molar-refractivity contribution in [2.45, 2.75) is 19.4 Å². The van der Waals surface area contributed by atoms with Gasteiger partial charge in [-0.25, -0.2) is 14.8 Å². The van der Waals surface area contributed by atoms with Gasteiger partial charge in [0, 0.05) is 17.3 Å². The maximum absolute atomic E-state index is 11.5. The monoisotopic (exact) mass is 270 g/mol. The molecule has 1 aliphatic heterocycles. The Bertz CT molecular complexity index is 697. The number of nitrogens with one attached hydrogen (secondary N) is 1. The van der Waals surface area contributed by atoms with Crippen LogP contribution in [0.25, 0.3) is 11.3 Å². The fraction of sp³-hybridized carbons (Fsp3) is 0.214. The lowest BCUT2D eigenvalue weighted by Crippen LogP contribution is -2.34. The highest BCUT2D eigenvalue weighted by Crippen LogP contribution is 2.37. The summed E-state index contributed by atoms with van der Waals surface area (Å²) in [6.45, 7) is 3.70. The number of carbonyl (C=O) groups excluding carboxylic acids is 1. The number of hydrogen-bond acceptors (Lipinski definition) is 5. The number of anilines is 2. The van der Waals surface area contributed by atoms with E-state index < -0.39 is 11.7 Å². The smallest absolute Gasteiger partial charge is 0.412 e. The number of ether oxygens (including phenoxy) is 1. The Balaban J connectivity index is 2.12. The van der Waals surface area contributed by atoms with E-state index in [0.717, 1.165) is 22.5 Å². The number of nitrogens with zero attached hydrogens (tertiary/aromatic N) is 2. The van der Waals surface area contributed by atoms with E-state index in [4.69, 9.17) is 10.5 Å². The summed E-state index contributed by atoms with van der Waals surface area (Å²) in [5.74, 6) is 0.226. The first kappa shape index (κ1) is 12.4. The minimum Gasteiger partial charge on any atom is -0.438 e. The van der Waals surface area contributed by atoms with Crippen LogP contribution in [-0.2, 0) is 10.3 Å². The van der Waals surface area contributed by atoms with Gasteiger partial charge in [-0.1, -0.05) is 6.07 Å². The number of cyclic esters (lactones) is 1. The number of fused-ring (bicyclic) bond motifs is 1. The predicted octanol–water partition coefficient (Wildman–Crippen LogP) is 2.52. The van der Waals surface area contributed by atoms with Crippen molar-refractivity contribution in [3.05, 3.63) is 36.0 Å². The second kappa shape index (κ2) is 4.19. The molecule has 0 unspecified atom stereocenters. The molecule has 1 amide bonds. The van der Waals surface area contributed by atoms with Crippen LogP contribution in [0.15, 0.2) is 30.5 Å². The molecule has 0 aliphatic carbocycles. The molecule has 3 N–H and O–H groups in total. The van der Waals surface area contributed by atoms with Gasteiger partial charge >= 0.3 is 6.09 Å². The number of amides is 1. The van der Waals surface area contributed by atoms with Crippen LogP contribution in [0.4, 0.5) is 16.4 Å². The second-order valence-corrected chi connectivity index (χ2v) is 5.09. The summed E-state index contributed by atoms with van der Waals surface area (Å²) in [7, 11) is 0. The van der Waals surface area contributed by atoms with Crippen molar-refractivity contribution >= 4 is 17.7 Å². The molecule has 1 aromatic carbocycles. The van der Waals surface area contributed by atoms with Gasteiger partial charge in [0.25, 0.3) is 0 Å². The summed E-state index contributed by atoms with van der Waals surface area (Å²) in [4.78, 5) is 19.5. The Morgan fingerprint density at radius 2 is 2.10 bits per heavy atom. The minimum atomic E-state index is -0.688. The molecule has 0 saturated carbocycles. The Kier molecular flexibility index (Phi) is 2.60. The van der Waals surface area contributed by atoms with Crippen molar-refractivity contribution < 1.29 is 9.53 Å². The summed E-state index contributed by atoms with van der Waals surface area (Å²) in [5.41, 5.74) is 8.18. The van der Waals surface area contributed by atoms with Crippen molar-refractivity contribution in [2.75, 3.05) is 11.1 Å². The molecule has 1 aliphatic rings. The molecular weight excluding hydrogens is 256 g/mol. The van der Waals surface area contributed by atoms with Crippen LogP contribution in [-0.4, -0.2) is 16.1 Å². The molecule has 3 rings (SSSR count). The summed E-state index contributed by atoms with van der Waals surface area (Å²) in [5, 5.41) is 2.69. The molecule has 0 atom stereocenters. The van der Waals surface area contributed by atoms with E-state index in [1.807, 2.05) is 32.0 Å². The van der Waals surface area contributed by atoms with Crippen molar-refractivity contribution in [3.8, 4) is 11.3 Å². The third-order valence-corrected chi connectivity index (χ3v) is 3.22. The van der Waals surface area contributed by atoms with Gasteiger partial charge in [-0.3, -0.25) is 5.32 Å². The summed E-state index contributed by atoms with van der Waals surface area (Å²) < 4.78 is 5.31. The number of nitrogens with two attached hydrogens (primary N) is 1. The Morgan fingerprint density at radius 3 is 2.85 bits per heavy atom. The van der Waals surface area contributed by atoms with Gasteiger partial charge in [0.15, 0.2) is 0 Å². The van der Waals surface area contributed by atoms with E-state index >= 15 is 0 Å². The largest absolute Gasteiger partial charge is 0.438 e. The summed E-state index contributed by atoms with van der Waals surface area (Å²) in [6.07, 6.45) is 1.17. The molecule has 0 fully saturated rings. The SMILES string of the molecule is CC1(C)OC(=O)Nc2ccc(-c3ccnc(N)n3)cc21. The molecule has 0 spiro atoms. The van der Waals surface area contributed by atoms with E-state index in [-0.39, 0.29) is 5.95 Å². The second-order valence-electron chi connectivity index (χ2n) is 5.09. The van der Waals surface area contributed by atoms with Crippen LogP contribution in [0.2, 0.25) is 0 Å². The van der Waals surface area contributed by atoms with Gasteiger partial charge in [-0.2, -0.15) is 0 Å². The van der Waals surface area contributed by atoms with Gasteiger partial charge in [-0.05, 0) is 32.0 Å². The highest BCUT2D eigenvalue weighted by molar-refractivity contribution is 5.89. The standard InChI is InChI=1S/C14H14N4O2/c1-14(2)9-7-8(10-5-6-16-12(15)17-10)3-4-11(9)18-13(19)20-14/h3-7H,1-2H3,(H,18,19)(H2,15,16,17). The predicted molar refractivity (Wildman–Crippen MR) is 75.0 cm³/mol. The van der Waals surface area contributed by atoms with Crippen LogP contribution < -0.4 is 11.1 Å². The molecule has 0 bridgehead atoms. The van der Waals surface area contributed by atoms with Crippen molar-refractivity contribution in [1.82, 2.24) is 9.97 Å². The first-order chi connectivity index (χ1) is 9.45. The molecule has 102 valence electrons. The maximum Gasteiger partial charge on any atom is 0.412 e. The van der Waals surface area contributed by atoms with Crippen LogP contribution >= 0.6 is 0 Å². The first-order valence-electron chi connectivity index (χ1n) is 6.19. The lowest BCUT2D eigenvalue weighted by molar-refractivity contribution is 0.0421. The lowest BCUT2D eigenvalue weighted by atomic mass is 9.92. The Morgan fingerprint density at radius 1 is 1.30 bits per heavy atom. The number of carbonyl (C=O) groups is 1. The van der Waals surface area contributed by atoms with E-state index in [9.17, 15) is 4.79 Å². The third-order valence-electron chi connectivity index (χ3n) is 3.22. The van der Waals surface area contributed by atoms with Crippen LogP contribution in [0.3, 0.4) is 0 Å². The molecule has 6 nitrogen and oxygen atoms in total. The molecule has 6 heteroatoms. The average molecular weight is 270 g/mol. The number of benzene rings is 1. The van der Waals surface area contributed by atoms with Crippen molar-refractivity contribution in [1.29, 1.82) is 0 Å². The number of hydrogen-bond donors (Lipinski definition) is 2. The highest BCUT2D eigenvalue weighted by atomic mass is 16.6. The fourth-order valence-corrected chi connectivity index (χ4v) is 2.27. The highest BCUT2D eigenvalue weighted by Gasteiger charge is 2.33. The Hall–Kier alpha value is -2.63. The molecule has 0 saturated heterocycles. The molecule has 0 radical (unpaired) electrons. The molecular formula is C14H14N4O2. The van der Waals surface area contributed by atoms with Gasteiger partial charge in [-0.15, -0.1) is 0 Å². The topological polar surface area (TPSA) is 90.1 Å². The first-order valence-corrected chi connectivity index (χ1v) is 6.19. The van der Waals surface area contributed by atoms with Gasteiger partial charge < -0.3 is 10.5 Å². The molecule has 1 aromatic heterocycles. The normalized spacial score (nSPS) is 16.0. The van der Waals surface area contributed by atoms with Gasteiger partial charge in [0.05, 0.1) is 11.4 Å². The summed E-state index contributed by atoms with van der Waals surface area (Å²) >= 11 is 0. The van der Waals surface area contributed by atoms with E-state index in [1.54, 1.807) is 12.3 Å². The lowest BCUT2D eigenvalue weighted by Gasteiger charge is -2.32. The van der Waals surface area contributed by atoms with Crippen LogP contribution in [0.5, 0.6) is 0 Å². The number of rotatable bonds is 1. The number of aromatic nitrogens is 2. The van der Waals surface area contributed by atoms with Crippen molar-refractivity contribution in [2.24, 2.45) is 0 Å². The van der Waals surface area contributed by atoms with Gasteiger partial charge in [0.2, 0.25) is 5.95 Å². The zero-order valence-corrected chi connectivity index (χ0v) is 11.2. The van der Waals surface area contributed by atoms with E-state index in [1.165, 1.54) is 0 Å². The van der Waals surface area contributed by atoms with E-state index in [2.05, 4.69) is 15.3 Å². The van der Waals surface area contributed by atoms with Crippen molar-refractivity contribution in [3.63, 3.8) is 0 Å². The average Bonchev–Trinajstić information content (AvgIpc) is 2.37. The van der Waals surface area contributed by atoms with Crippen LogP contribution in [0.1, 0.15) is 19.4 Å². The maximum atomic E-state index is 11.5. The summed E-state index contributed by atoms with van der Waals surface area (Å²) in [6, 6.07) is 7.44. The minimum absolute atomic E-state index is 0.226. The number of nitrogen functional groups attached to an aromatic ring is 1. The zero-order chi connectivity index (χ0) is 14.3. The third kappa shape index (κ3) is 2.05. The van der Waals surface area contributed by atoms with E-state index in [0.29, 0.717) is 0 Å². The molecule has 20 heavy (non-hydrogen) atoms.